The number of halogens is 2. The molecule has 2 rings (SSSR count). The molecular weight excluding hydrogens is 370 g/mol. The van der Waals surface area contributed by atoms with Crippen LogP contribution >= 0.6 is 27.5 Å². The van der Waals surface area contributed by atoms with Gasteiger partial charge in [0.2, 0.25) is 0 Å². The van der Waals surface area contributed by atoms with Crippen LogP contribution in [0.25, 0.3) is 0 Å². The molecule has 1 aliphatic heterocycles. The molecule has 2 unspecified atom stereocenters. The molecule has 0 saturated carbocycles. The van der Waals surface area contributed by atoms with Crippen LogP contribution in [0.2, 0.25) is 5.02 Å². The van der Waals surface area contributed by atoms with E-state index in [-0.39, 0.29) is 18.1 Å². The average molecular weight is 389 g/mol. The quantitative estimate of drug-likeness (QED) is 0.741. The molecule has 2 atom stereocenters. The molecule has 1 fully saturated rings. The van der Waals surface area contributed by atoms with Crippen molar-refractivity contribution in [2.24, 2.45) is 11.8 Å². The highest BCUT2D eigenvalue weighted by Crippen LogP contribution is 2.23. The number of rotatable bonds is 3. The van der Waals surface area contributed by atoms with Crippen molar-refractivity contribution in [2.75, 3.05) is 19.7 Å². The highest BCUT2D eigenvalue weighted by Gasteiger charge is 2.26. The maximum absolute atomic E-state index is 12.2. The minimum atomic E-state index is -0.585. The van der Waals surface area contributed by atoms with Gasteiger partial charge in [0.15, 0.2) is 6.61 Å². The van der Waals surface area contributed by atoms with Crippen LogP contribution in [0.15, 0.2) is 22.7 Å². The lowest BCUT2D eigenvalue weighted by molar-refractivity contribution is -0.137. The summed E-state index contributed by atoms with van der Waals surface area (Å²) in [5.74, 6) is 0.210. The van der Waals surface area contributed by atoms with E-state index in [4.69, 9.17) is 16.3 Å². The number of carbonyl (C=O) groups is 2. The monoisotopic (exact) mass is 387 g/mol. The van der Waals surface area contributed by atoms with E-state index in [1.165, 1.54) is 0 Å². The molecule has 120 valence electrons. The molecule has 22 heavy (non-hydrogen) atoms. The van der Waals surface area contributed by atoms with Gasteiger partial charge in [-0.3, -0.25) is 4.79 Å². The SMILES string of the molecule is CC1CC(C)CN(C(=O)COC(=O)c2cc(Br)ccc2Cl)C1. The first-order chi connectivity index (χ1) is 10.4. The van der Waals surface area contributed by atoms with Gasteiger partial charge >= 0.3 is 5.97 Å². The Morgan fingerprint density at radius 2 is 1.95 bits per heavy atom. The van der Waals surface area contributed by atoms with Crippen molar-refractivity contribution >= 4 is 39.4 Å². The zero-order chi connectivity index (χ0) is 16.3. The summed E-state index contributed by atoms with van der Waals surface area (Å²) >= 11 is 9.26. The molecule has 0 aliphatic carbocycles. The van der Waals surface area contributed by atoms with Crippen LogP contribution in [0.1, 0.15) is 30.6 Å². The minimum absolute atomic E-state index is 0.155. The van der Waals surface area contributed by atoms with Crippen LogP contribution in [0, 0.1) is 11.8 Å². The summed E-state index contributed by atoms with van der Waals surface area (Å²) in [6.45, 7) is 5.45. The number of hydrogen-bond donors (Lipinski definition) is 0. The number of likely N-dealkylation sites (tertiary alicyclic amines) is 1. The molecule has 1 aromatic carbocycles. The second-order valence-electron chi connectivity index (χ2n) is 5.95. The Morgan fingerprint density at radius 1 is 1.32 bits per heavy atom. The first kappa shape index (κ1) is 17.3. The Morgan fingerprint density at radius 3 is 2.59 bits per heavy atom. The number of piperidine rings is 1. The number of hydrogen-bond acceptors (Lipinski definition) is 3. The summed E-state index contributed by atoms with van der Waals surface area (Å²) < 4.78 is 5.84. The second kappa shape index (κ2) is 7.47. The summed E-state index contributed by atoms with van der Waals surface area (Å²) in [7, 11) is 0. The lowest BCUT2D eigenvalue weighted by Gasteiger charge is -2.34. The third-order valence-electron chi connectivity index (χ3n) is 3.70. The number of benzene rings is 1. The Bertz CT molecular complexity index is 569. The van der Waals surface area contributed by atoms with Gasteiger partial charge in [0.1, 0.15) is 0 Å². The van der Waals surface area contributed by atoms with Gasteiger partial charge < -0.3 is 9.64 Å². The Kier molecular flexibility index (Phi) is 5.87. The third-order valence-corrected chi connectivity index (χ3v) is 4.52. The van der Waals surface area contributed by atoms with Crippen molar-refractivity contribution < 1.29 is 14.3 Å². The summed E-state index contributed by atoms with van der Waals surface area (Å²) in [5.41, 5.74) is 0.254. The largest absolute Gasteiger partial charge is 0.452 e. The van der Waals surface area contributed by atoms with E-state index in [9.17, 15) is 9.59 Å². The summed E-state index contributed by atoms with van der Waals surface area (Å²) in [5, 5.41) is 0.306. The van der Waals surface area contributed by atoms with E-state index < -0.39 is 5.97 Å². The Balaban J connectivity index is 1.93. The minimum Gasteiger partial charge on any atom is -0.452 e. The lowest BCUT2D eigenvalue weighted by Crippen LogP contribution is -2.44. The smallest absolute Gasteiger partial charge is 0.340 e. The first-order valence-corrected chi connectivity index (χ1v) is 8.44. The fourth-order valence-electron chi connectivity index (χ4n) is 2.82. The van der Waals surface area contributed by atoms with E-state index >= 15 is 0 Å². The zero-order valence-electron chi connectivity index (χ0n) is 12.6. The van der Waals surface area contributed by atoms with Gasteiger partial charge in [0.05, 0.1) is 10.6 Å². The lowest BCUT2D eigenvalue weighted by atomic mass is 9.92. The summed E-state index contributed by atoms with van der Waals surface area (Å²) in [4.78, 5) is 26.0. The molecule has 0 spiro atoms. The molecule has 4 nitrogen and oxygen atoms in total. The van der Waals surface area contributed by atoms with Crippen molar-refractivity contribution in [3.8, 4) is 0 Å². The molecule has 0 radical (unpaired) electrons. The molecule has 1 amide bonds. The van der Waals surface area contributed by atoms with E-state index in [0.717, 1.165) is 24.0 Å². The van der Waals surface area contributed by atoms with Crippen molar-refractivity contribution in [1.82, 2.24) is 4.90 Å². The van der Waals surface area contributed by atoms with Gasteiger partial charge in [-0.05, 0) is 36.5 Å². The standard InChI is InChI=1S/C16H19BrClNO3/c1-10-5-11(2)8-19(7-10)15(20)9-22-16(21)13-6-12(17)3-4-14(13)18/h3-4,6,10-11H,5,7-9H2,1-2H3. The normalized spacial score (nSPS) is 21.5. The molecule has 0 aromatic heterocycles. The first-order valence-electron chi connectivity index (χ1n) is 7.26. The van der Waals surface area contributed by atoms with Crippen molar-refractivity contribution in [1.29, 1.82) is 0 Å². The molecule has 1 aliphatic rings. The third kappa shape index (κ3) is 4.46. The highest BCUT2D eigenvalue weighted by molar-refractivity contribution is 9.10. The topological polar surface area (TPSA) is 46.6 Å². The van der Waals surface area contributed by atoms with E-state index in [1.807, 2.05) is 0 Å². The van der Waals surface area contributed by atoms with Crippen LogP contribution in [-0.2, 0) is 9.53 Å². The fraction of sp³-hybridized carbons (Fsp3) is 0.500. The number of esters is 1. The number of carbonyl (C=O) groups excluding carboxylic acids is 2. The molecule has 0 bridgehead atoms. The summed E-state index contributed by atoms with van der Waals surface area (Å²) in [6.07, 6.45) is 1.12. The highest BCUT2D eigenvalue weighted by atomic mass is 79.9. The van der Waals surface area contributed by atoms with Crippen LogP contribution in [-0.4, -0.2) is 36.5 Å². The molecule has 6 heteroatoms. The molecule has 0 N–H and O–H groups in total. The molecule has 1 aromatic rings. The van der Waals surface area contributed by atoms with Gasteiger partial charge in [0.25, 0.3) is 5.91 Å². The average Bonchev–Trinajstić information content (AvgIpc) is 2.45. The molecule has 1 saturated heterocycles. The number of nitrogens with zero attached hydrogens (tertiary/aromatic N) is 1. The van der Waals surface area contributed by atoms with E-state index in [1.54, 1.807) is 23.1 Å². The number of ether oxygens (including phenoxy) is 1. The van der Waals surface area contributed by atoms with E-state index in [0.29, 0.717) is 16.9 Å². The van der Waals surface area contributed by atoms with Crippen molar-refractivity contribution in [3.05, 3.63) is 33.3 Å². The summed E-state index contributed by atoms with van der Waals surface area (Å²) in [6, 6.07) is 4.93. The Labute approximate surface area is 143 Å². The predicted molar refractivity (Wildman–Crippen MR) is 89.0 cm³/mol. The molecule has 1 heterocycles. The van der Waals surface area contributed by atoms with Gasteiger partial charge in [-0.15, -0.1) is 0 Å². The van der Waals surface area contributed by atoms with Gasteiger partial charge in [-0.25, -0.2) is 4.79 Å². The maximum atomic E-state index is 12.2. The number of amides is 1. The van der Waals surface area contributed by atoms with Crippen LogP contribution in [0.4, 0.5) is 0 Å². The second-order valence-corrected chi connectivity index (χ2v) is 7.27. The van der Waals surface area contributed by atoms with Crippen LogP contribution in [0.5, 0.6) is 0 Å². The van der Waals surface area contributed by atoms with E-state index in [2.05, 4.69) is 29.8 Å². The van der Waals surface area contributed by atoms with Gasteiger partial charge in [0, 0.05) is 17.6 Å². The zero-order valence-corrected chi connectivity index (χ0v) is 15.0. The van der Waals surface area contributed by atoms with Gasteiger partial charge in [-0.1, -0.05) is 41.4 Å². The Hall–Kier alpha value is -1.07. The fourth-order valence-corrected chi connectivity index (χ4v) is 3.37. The van der Waals surface area contributed by atoms with Gasteiger partial charge in [-0.2, -0.15) is 0 Å². The predicted octanol–water partition coefficient (Wildman–Crippen LogP) is 3.76. The molecular formula is C16H19BrClNO3. The maximum Gasteiger partial charge on any atom is 0.340 e. The van der Waals surface area contributed by atoms with Crippen molar-refractivity contribution in [3.63, 3.8) is 0 Å². The van der Waals surface area contributed by atoms with Crippen LogP contribution in [0.3, 0.4) is 0 Å². The van der Waals surface area contributed by atoms with Crippen LogP contribution < -0.4 is 0 Å². The van der Waals surface area contributed by atoms with Crippen molar-refractivity contribution in [2.45, 2.75) is 20.3 Å².